The molecule has 0 fully saturated rings. The number of carbonyl (C=O) groups excluding carboxylic acids is 1. The third-order valence-corrected chi connectivity index (χ3v) is 3.21. The van der Waals surface area contributed by atoms with Gasteiger partial charge in [-0.1, -0.05) is 25.3 Å². The molecule has 0 aromatic heterocycles. The standard InChI is InChI=1S/C21H23NO3/c1-15(2)13-24-18-11-9-17(10-12-18)21(23)22-19-7-5-6-8-20(19)25-14-16(3)4/h5-12H,1,3,13-14H2,2,4H3,(H,22,23). The first kappa shape index (κ1) is 18.3. The third kappa shape index (κ3) is 5.84. The molecule has 0 radical (unpaired) electrons. The van der Waals surface area contributed by atoms with Gasteiger partial charge in [0.25, 0.3) is 5.91 Å². The van der Waals surface area contributed by atoms with Gasteiger partial charge < -0.3 is 14.8 Å². The molecular formula is C21H23NO3. The van der Waals surface area contributed by atoms with Crippen molar-refractivity contribution in [3.8, 4) is 11.5 Å². The van der Waals surface area contributed by atoms with Crippen molar-refractivity contribution in [2.75, 3.05) is 18.5 Å². The Bertz CT molecular complexity index is 763. The van der Waals surface area contributed by atoms with E-state index in [2.05, 4.69) is 18.5 Å². The molecule has 130 valence electrons. The van der Waals surface area contributed by atoms with Crippen LogP contribution in [0, 0.1) is 0 Å². The summed E-state index contributed by atoms with van der Waals surface area (Å²) in [4.78, 5) is 12.4. The van der Waals surface area contributed by atoms with Crippen LogP contribution in [-0.2, 0) is 0 Å². The summed E-state index contributed by atoms with van der Waals surface area (Å²) >= 11 is 0. The Kier molecular flexibility index (Phi) is 6.40. The van der Waals surface area contributed by atoms with Crippen molar-refractivity contribution in [2.24, 2.45) is 0 Å². The van der Waals surface area contributed by atoms with Gasteiger partial charge in [-0.2, -0.15) is 0 Å². The molecule has 0 saturated carbocycles. The second kappa shape index (κ2) is 8.73. The van der Waals surface area contributed by atoms with Crippen molar-refractivity contribution in [2.45, 2.75) is 13.8 Å². The topological polar surface area (TPSA) is 47.6 Å². The van der Waals surface area contributed by atoms with Gasteiger partial charge in [0.1, 0.15) is 24.7 Å². The van der Waals surface area contributed by atoms with E-state index in [0.717, 1.165) is 11.1 Å². The lowest BCUT2D eigenvalue weighted by Gasteiger charge is -2.12. The molecule has 0 atom stereocenters. The van der Waals surface area contributed by atoms with E-state index < -0.39 is 0 Å². The number of carbonyl (C=O) groups is 1. The van der Waals surface area contributed by atoms with Crippen molar-refractivity contribution in [1.29, 1.82) is 0 Å². The van der Waals surface area contributed by atoms with Gasteiger partial charge in [-0.15, -0.1) is 0 Å². The highest BCUT2D eigenvalue weighted by Gasteiger charge is 2.10. The van der Waals surface area contributed by atoms with Crippen LogP contribution in [0.3, 0.4) is 0 Å². The van der Waals surface area contributed by atoms with Crippen LogP contribution < -0.4 is 14.8 Å². The lowest BCUT2D eigenvalue weighted by atomic mass is 10.2. The van der Waals surface area contributed by atoms with Gasteiger partial charge in [0.05, 0.1) is 5.69 Å². The summed E-state index contributed by atoms with van der Waals surface area (Å²) in [5, 5.41) is 2.87. The summed E-state index contributed by atoms with van der Waals surface area (Å²) in [6, 6.07) is 14.3. The second-order valence-electron chi connectivity index (χ2n) is 5.97. The molecule has 4 heteroatoms. The first-order valence-corrected chi connectivity index (χ1v) is 8.00. The Morgan fingerprint density at radius 2 is 1.52 bits per heavy atom. The largest absolute Gasteiger partial charge is 0.489 e. The Morgan fingerprint density at radius 3 is 2.16 bits per heavy atom. The van der Waals surface area contributed by atoms with E-state index in [-0.39, 0.29) is 5.91 Å². The van der Waals surface area contributed by atoms with Crippen LogP contribution in [0.1, 0.15) is 24.2 Å². The maximum Gasteiger partial charge on any atom is 0.255 e. The summed E-state index contributed by atoms with van der Waals surface area (Å²) in [6.07, 6.45) is 0. The van der Waals surface area contributed by atoms with Gasteiger partial charge in [0, 0.05) is 5.56 Å². The number of amides is 1. The minimum atomic E-state index is -0.210. The Hall–Kier alpha value is -3.01. The van der Waals surface area contributed by atoms with E-state index in [0.29, 0.717) is 36.0 Å². The number of nitrogens with one attached hydrogen (secondary N) is 1. The molecule has 0 spiro atoms. The van der Waals surface area contributed by atoms with E-state index in [4.69, 9.17) is 9.47 Å². The van der Waals surface area contributed by atoms with Crippen LogP contribution in [0.25, 0.3) is 0 Å². The first-order chi connectivity index (χ1) is 12.0. The van der Waals surface area contributed by atoms with Crippen LogP contribution in [-0.4, -0.2) is 19.1 Å². The highest BCUT2D eigenvalue weighted by atomic mass is 16.5. The van der Waals surface area contributed by atoms with E-state index >= 15 is 0 Å². The fourth-order valence-corrected chi connectivity index (χ4v) is 2.00. The average molecular weight is 337 g/mol. The molecule has 0 aliphatic rings. The molecule has 1 amide bonds. The van der Waals surface area contributed by atoms with Gasteiger partial charge in [-0.3, -0.25) is 4.79 Å². The zero-order chi connectivity index (χ0) is 18.2. The molecule has 1 N–H and O–H groups in total. The fraction of sp³-hybridized carbons (Fsp3) is 0.190. The highest BCUT2D eigenvalue weighted by molar-refractivity contribution is 6.05. The maximum atomic E-state index is 12.4. The van der Waals surface area contributed by atoms with Crippen molar-refractivity contribution in [1.82, 2.24) is 0 Å². The number of hydrogen-bond donors (Lipinski definition) is 1. The lowest BCUT2D eigenvalue weighted by Crippen LogP contribution is -2.13. The molecule has 0 aliphatic heterocycles. The Balaban J connectivity index is 2.04. The number of para-hydroxylation sites is 2. The SMILES string of the molecule is C=C(C)COc1ccc(C(=O)Nc2ccccc2OCC(=C)C)cc1. The van der Waals surface area contributed by atoms with Crippen LogP contribution in [0.15, 0.2) is 72.8 Å². The Morgan fingerprint density at radius 1 is 0.920 bits per heavy atom. The first-order valence-electron chi connectivity index (χ1n) is 8.00. The molecule has 0 aliphatic carbocycles. The van der Waals surface area contributed by atoms with Crippen molar-refractivity contribution in [3.63, 3.8) is 0 Å². The van der Waals surface area contributed by atoms with E-state index in [1.165, 1.54) is 0 Å². The van der Waals surface area contributed by atoms with Crippen molar-refractivity contribution < 1.29 is 14.3 Å². The molecule has 2 aromatic rings. The smallest absolute Gasteiger partial charge is 0.255 e. The van der Waals surface area contributed by atoms with Crippen molar-refractivity contribution in [3.05, 3.63) is 78.4 Å². The summed E-state index contributed by atoms with van der Waals surface area (Å²) in [5.41, 5.74) is 3.01. The molecule has 0 saturated heterocycles. The molecule has 0 heterocycles. The van der Waals surface area contributed by atoms with Gasteiger partial charge in [0.15, 0.2) is 0 Å². The fourth-order valence-electron chi connectivity index (χ4n) is 2.00. The minimum absolute atomic E-state index is 0.210. The number of hydrogen-bond acceptors (Lipinski definition) is 3. The van der Waals surface area contributed by atoms with Gasteiger partial charge >= 0.3 is 0 Å². The molecule has 2 aromatic carbocycles. The third-order valence-electron chi connectivity index (χ3n) is 3.21. The van der Waals surface area contributed by atoms with E-state index in [1.807, 2.05) is 32.0 Å². The number of anilines is 1. The van der Waals surface area contributed by atoms with Crippen LogP contribution in [0.5, 0.6) is 11.5 Å². The average Bonchev–Trinajstić information content (AvgIpc) is 2.59. The molecule has 0 unspecified atom stereocenters. The lowest BCUT2D eigenvalue weighted by molar-refractivity contribution is 0.102. The van der Waals surface area contributed by atoms with Gasteiger partial charge in [-0.05, 0) is 61.4 Å². The number of benzene rings is 2. The maximum absolute atomic E-state index is 12.4. The monoisotopic (exact) mass is 337 g/mol. The predicted molar refractivity (Wildman–Crippen MR) is 101 cm³/mol. The van der Waals surface area contributed by atoms with Crippen LogP contribution in [0.2, 0.25) is 0 Å². The van der Waals surface area contributed by atoms with E-state index in [9.17, 15) is 4.79 Å². The van der Waals surface area contributed by atoms with Crippen LogP contribution in [0.4, 0.5) is 5.69 Å². The molecular weight excluding hydrogens is 314 g/mol. The molecule has 25 heavy (non-hydrogen) atoms. The van der Waals surface area contributed by atoms with Crippen molar-refractivity contribution >= 4 is 11.6 Å². The quantitative estimate of drug-likeness (QED) is 0.701. The summed E-state index contributed by atoms with van der Waals surface area (Å²) in [7, 11) is 0. The normalized spacial score (nSPS) is 10.0. The van der Waals surface area contributed by atoms with Crippen LogP contribution >= 0.6 is 0 Å². The van der Waals surface area contributed by atoms with Gasteiger partial charge in [0.2, 0.25) is 0 Å². The number of rotatable bonds is 8. The summed E-state index contributed by atoms with van der Waals surface area (Å²) < 4.78 is 11.2. The molecule has 4 nitrogen and oxygen atoms in total. The second-order valence-corrected chi connectivity index (χ2v) is 5.97. The Labute approximate surface area is 148 Å². The zero-order valence-corrected chi connectivity index (χ0v) is 14.7. The highest BCUT2D eigenvalue weighted by Crippen LogP contribution is 2.25. The predicted octanol–water partition coefficient (Wildman–Crippen LogP) is 4.85. The van der Waals surface area contributed by atoms with Gasteiger partial charge in [-0.25, -0.2) is 0 Å². The molecule has 0 bridgehead atoms. The van der Waals surface area contributed by atoms with E-state index in [1.54, 1.807) is 30.3 Å². The minimum Gasteiger partial charge on any atom is -0.489 e. The zero-order valence-electron chi connectivity index (χ0n) is 14.7. The number of ether oxygens (including phenoxy) is 2. The summed E-state index contributed by atoms with van der Waals surface area (Å²) in [6.45, 7) is 12.3. The molecule has 2 rings (SSSR count). The summed E-state index contributed by atoms with van der Waals surface area (Å²) in [5.74, 6) is 1.10.